The van der Waals surface area contributed by atoms with Gasteiger partial charge in [0, 0.05) is 34.0 Å². The number of thiazole rings is 1. The molecule has 0 bridgehead atoms. The fourth-order valence-corrected chi connectivity index (χ4v) is 6.21. The van der Waals surface area contributed by atoms with Gasteiger partial charge in [0.05, 0.1) is 11.5 Å². The molecule has 1 heterocycles. The van der Waals surface area contributed by atoms with Crippen LogP contribution in [0.3, 0.4) is 0 Å². The molecule has 0 spiro atoms. The molecule has 0 aliphatic carbocycles. The molecule has 0 N–H and O–H groups in total. The number of aromatic nitrogens is 1. The Kier molecular flexibility index (Phi) is 8.19. The molecule has 5 rings (SSSR count). The summed E-state index contributed by atoms with van der Waals surface area (Å²) in [7, 11) is -3.81. The maximum atomic E-state index is 12.7. The standard InChI is InChI=1S/C32H26N2O4S2/c1-2-38-29(35)22-23-40(36,37)28-20-18-25(19-21-28)31-33-30(24-12-6-3-7-13-24)32(39-31)34(26-14-8-4-9-15-26)27-16-10-5-11-17-27/h3-23H,2H2,1H3/b23-22-. The third-order valence-electron chi connectivity index (χ3n) is 5.99. The van der Waals surface area contributed by atoms with Gasteiger partial charge >= 0.3 is 5.97 Å². The van der Waals surface area contributed by atoms with Gasteiger partial charge < -0.3 is 9.64 Å². The van der Waals surface area contributed by atoms with Crippen molar-refractivity contribution in [2.24, 2.45) is 0 Å². The first kappa shape index (κ1) is 27.1. The van der Waals surface area contributed by atoms with Crippen LogP contribution in [0.2, 0.25) is 0 Å². The van der Waals surface area contributed by atoms with E-state index in [0.717, 1.165) is 49.7 Å². The number of hydrogen-bond acceptors (Lipinski definition) is 7. The predicted molar refractivity (Wildman–Crippen MR) is 161 cm³/mol. The van der Waals surface area contributed by atoms with Crippen LogP contribution in [0, 0.1) is 0 Å². The van der Waals surface area contributed by atoms with Gasteiger partial charge in [-0.1, -0.05) is 90.2 Å². The molecule has 4 aromatic carbocycles. The molecule has 200 valence electrons. The van der Waals surface area contributed by atoms with Crippen LogP contribution in [0.5, 0.6) is 0 Å². The first-order valence-electron chi connectivity index (χ1n) is 12.6. The van der Waals surface area contributed by atoms with E-state index in [1.807, 2.05) is 66.7 Å². The molecule has 1 aromatic heterocycles. The Morgan fingerprint density at radius 1 is 0.800 bits per heavy atom. The number of hydrogen-bond donors (Lipinski definition) is 0. The van der Waals surface area contributed by atoms with Crippen LogP contribution in [0.4, 0.5) is 16.4 Å². The van der Waals surface area contributed by atoms with Gasteiger partial charge in [0.1, 0.15) is 15.7 Å². The van der Waals surface area contributed by atoms with Crippen molar-refractivity contribution in [3.05, 3.63) is 127 Å². The van der Waals surface area contributed by atoms with Gasteiger partial charge in [-0.25, -0.2) is 18.2 Å². The molecule has 0 amide bonds. The zero-order valence-corrected chi connectivity index (χ0v) is 23.3. The number of anilines is 3. The van der Waals surface area contributed by atoms with Gasteiger partial charge in [0.25, 0.3) is 0 Å². The second-order valence-corrected chi connectivity index (χ2v) is 11.5. The molecule has 0 saturated carbocycles. The Balaban J connectivity index is 1.58. The Hall–Kier alpha value is -4.53. The molecule has 0 unspecified atom stereocenters. The zero-order chi connectivity index (χ0) is 28.0. The minimum atomic E-state index is -3.81. The first-order valence-corrected chi connectivity index (χ1v) is 15.0. The summed E-state index contributed by atoms with van der Waals surface area (Å²) in [6.07, 6.45) is 0.924. The largest absolute Gasteiger partial charge is 0.463 e. The van der Waals surface area contributed by atoms with Gasteiger partial charge in [0.15, 0.2) is 9.84 Å². The minimum absolute atomic E-state index is 0.0760. The van der Waals surface area contributed by atoms with Crippen LogP contribution in [-0.4, -0.2) is 26.0 Å². The van der Waals surface area contributed by atoms with Crippen molar-refractivity contribution in [1.29, 1.82) is 0 Å². The first-order chi connectivity index (χ1) is 19.5. The SMILES string of the molecule is CCOC(=O)/C=C\S(=O)(=O)c1ccc(-c2nc(-c3ccccc3)c(N(c3ccccc3)c3ccccc3)s2)cc1. The Labute approximate surface area is 237 Å². The maximum absolute atomic E-state index is 12.7. The molecular weight excluding hydrogens is 540 g/mol. The van der Waals surface area contributed by atoms with Gasteiger partial charge in [-0.05, 0) is 43.3 Å². The molecule has 0 aliphatic heterocycles. The number of para-hydroxylation sites is 2. The fraction of sp³-hybridized carbons (Fsp3) is 0.0625. The van der Waals surface area contributed by atoms with E-state index in [9.17, 15) is 13.2 Å². The second-order valence-electron chi connectivity index (χ2n) is 8.67. The van der Waals surface area contributed by atoms with Crippen LogP contribution >= 0.6 is 11.3 Å². The lowest BCUT2D eigenvalue weighted by Gasteiger charge is -2.24. The smallest absolute Gasteiger partial charge is 0.331 e. The van der Waals surface area contributed by atoms with Crippen LogP contribution in [0.15, 0.2) is 132 Å². The average Bonchev–Trinajstić information content (AvgIpc) is 3.43. The molecule has 0 atom stereocenters. The van der Waals surface area contributed by atoms with E-state index in [4.69, 9.17) is 9.72 Å². The Morgan fingerprint density at radius 3 is 1.90 bits per heavy atom. The summed E-state index contributed by atoms with van der Waals surface area (Å²) < 4.78 is 30.2. The number of benzene rings is 4. The molecule has 6 nitrogen and oxygen atoms in total. The third-order valence-corrected chi connectivity index (χ3v) is 8.50. The van der Waals surface area contributed by atoms with Crippen molar-refractivity contribution < 1.29 is 17.9 Å². The van der Waals surface area contributed by atoms with Crippen molar-refractivity contribution in [1.82, 2.24) is 4.98 Å². The number of rotatable bonds is 9. The normalized spacial score (nSPS) is 11.4. The molecule has 0 fully saturated rings. The predicted octanol–water partition coefficient (Wildman–Crippen LogP) is 7.80. The van der Waals surface area contributed by atoms with Crippen molar-refractivity contribution in [3.8, 4) is 21.8 Å². The molecule has 0 saturated heterocycles. The highest BCUT2D eigenvalue weighted by Crippen LogP contribution is 2.46. The van der Waals surface area contributed by atoms with Crippen LogP contribution < -0.4 is 4.90 Å². The lowest BCUT2D eigenvalue weighted by molar-refractivity contribution is -0.137. The molecule has 8 heteroatoms. The molecule has 0 radical (unpaired) electrons. The summed E-state index contributed by atoms with van der Waals surface area (Å²) in [6, 6.07) is 36.7. The Morgan fingerprint density at radius 2 is 1.35 bits per heavy atom. The molecule has 0 aliphatic rings. The van der Waals surface area contributed by atoms with Gasteiger partial charge in [0.2, 0.25) is 0 Å². The summed E-state index contributed by atoms with van der Waals surface area (Å²) in [5.74, 6) is -0.701. The van der Waals surface area contributed by atoms with Gasteiger partial charge in [-0.3, -0.25) is 0 Å². The summed E-state index contributed by atoms with van der Waals surface area (Å²) >= 11 is 1.53. The number of esters is 1. The topological polar surface area (TPSA) is 76.6 Å². The van der Waals surface area contributed by atoms with Crippen LogP contribution in [0.25, 0.3) is 21.8 Å². The number of nitrogens with zero attached hydrogens (tertiary/aromatic N) is 2. The summed E-state index contributed by atoms with van der Waals surface area (Å²) in [5, 5.41) is 2.55. The fourth-order valence-electron chi connectivity index (χ4n) is 4.11. The second kappa shape index (κ2) is 12.1. The van der Waals surface area contributed by atoms with E-state index in [2.05, 4.69) is 29.2 Å². The highest BCUT2D eigenvalue weighted by atomic mass is 32.2. The number of sulfone groups is 1. The lowest BCUT2D eigenvalue weighted by atomic mass is 10.1. The number of carbonyl (C=O) groups excluding carboxylic acids is 1. The van der Waals surface area contributed by atoms with Crippen LogP contribution in [-0.2, 0) is 19.4 Å². The van der Waals surface area contributed by atoms with Crippen molar-refractivity contribution >= 4 is 43.5 Å². The summed E-state index contributed by atoms with van der Waals surface area (Å²) in [6.45, 7) is 1.83. The van der Waals surface area contributed by atoms with Gasteiger partial charge in [-0.15, -0.1) is 0 Å². The third kappa shape index (κ3) is 6.03. The van der Waals surface area contributed by atoms with E-state index in [0.29, 0.717) is 0 Å². The highest BCUT2D eigenvalue weighted by Gasteiger charge is 2.23. The van der Waals surface area contributed by atoms with E-state index in [1.165, 1.54) is 23.5 Å². The Bertz CT molecular complexity index is 1680. The van der Waals surface area contributed by atoms with Crippen molar-refractivity contribution in [2.45, 2.75) is 11.8 Å². The van der Waals surface area contributed by atoms with E-state index in [1.54, 1.807) is 19.1 Å². The maximum Gasteiger partial charge on any atom is 0.331 e. The number of carbonyl (C=O) groups is 1. The van der Waals surface area contributed by atoms with Gasteiger partial charge in [-0.2, -0.15) is 0 Å². The quantitative estimate of drug-likeness (QED) is 0.134. The van der Waals surface area contributed by atoms with E-state index < -0.39 is 15.8 Å². The zero-order valence-electron chi connectivity index (χ0n) is 21.7. The van der Waals surface area contributed by atoms with E-state index in [-0.39, 0.29) is 11.5 Å². The molecule has 5 aromatic rings. The summed E-state index contributed by atoms with van der Waals surface area (Å²) in [5.41, 5.74) is 4.57. The minimum Gasteiger partial charge on any atom is -0.463 e. The van der Waals surface area contributed by atoms with Crippen molar-refractivity contribution in [3.63, 3.8) is 0 Å². The van der Waals surface area contributed by atoms with Crippen LogP contribution in [0.1, 0.15) is 6.92 Å². The van der Waals surface area contributed by atoms with E-state index >= 15 is 0 Å². The number of ether oxygens (including phenoxy) is 1. The lowest BCUT2D eigenvalue weighted by Crippen LogP contribution is -2.09. The monoisotopic (exact) mass is 566 g/mol. The molecule has 40 heavy (non-hydrogen) atoms. The van der Waals surface area contributed by atoms with Crippen molar-refractivity contribution in [2.75, 3.05) is 11.5 Å². The average molecular weight is 567 g/mol. The molecular formula is C32H26N2O4S2. The summed E-state index contributed by atoms with van der Waals surface area (Å²) in [4.78, 5) is 18.9. The highest BCUT2D eigenvalue weighted by molar-refractivity contribution is 7.94.